The molecule has 1 saturated heterocycles. The Hall–Kier alpha value is -1.49. The molecule has 0 bridgehead atoms. The summed E-state index contributed by atoms with van der Waals surface area (Å²) in [6.45, 7) is 2.58. The van der Waals surface area contributed by atoms with Crippen LogP contribution in [0.15, 0.2) is 36.7 Å². The Morgan fingerprint density at radius 1 is 1.20 bits per heavy atom. The number of benzene rings is 1. The van der Waals surface area contributed by atoms with Crippen molar-refractivity contribution in [2.75, 3.05) is 19.7 Å². The predicted octanol–water partition coefficient (Wildman–Crippen LogP) is 2.38. The normalized spacial score (nSPS) is 18.9. The molecule has 0 aliphatic carbocycles. The third kappa shape index (κ3) is 3.33. The first-order chi connectivity index (χ1) is 9.81. The lowest BCUT2D eigenvalue weighted by molar-refractivity contribution is 0.0277. The molecule has 0 spiro atoms. The quantitative estimate of drug-likeness (QED) is 0.942. The zero-order valence-corrected chi connectivity index (χ0v) is 11.8. The van der Waals surface area contributed by atoms with Crippen LogP contribution in [0.1, 0.15) is 23.1 Å². The van der Waals surface area contributed by atoms with E-state index in [1.165, 1.54) is 11.1 Å². The summed E-state index contributed by atoms with van der Waals surface area (Å²) in [6.07, 6.45) is 4.12. The van der Waals surface area contributed by atoms with E-state index in [-0.39, 0.29) is 6.10 Å². The first-order valence-corrected chi connectivity index (χ1v) is 7.06. The van der Waals surface area contributed by atoms with E-state index in [1.54, 1.807) is 12.4 Å². The largest absolute Gasteiger partial charge is 0.371 e. The molecular formula is C15H16ClN3O. The Morgan fingerprint density at radius 3 is 2.60 bits per heavy atom. The van der Waals surface area contributed by atoms with Crippen molar-refractivity contribution in [3.8, 4) is 0 Å². The Balaban J connectivity index is 1.67. The number of ether oxygens (including phenoxy) is 1. The van der Waals surface area contributed by atoms with Crippen LogP contribution in [0.3, 0.4) is 0 Å². The zero-order valence-electron chi connectivity index (χ0n) is 11.1. The van der Waals surface area contributed by atoms with E-state index in [0.717, 1.165) is 25.5 Å². The van der Waals surface area contributed by atoms with Crippen molar-refractivity contribution in [2.24, 2.45) is 0 Å². The van der Waals surface area contributed by atoms with Gasteiger partial charge in [-0.1, -0.05) is 35.9 Å². The van der Waals surface area contributed by atoms with Gasteiger partial charge in [0, 0.05) is 31.9 Å². The van der Waals surface area contributed by atoms with Crippen LogP contribution < -0.4 is 5.32 Å². The molecule has 1 aliphatic rings. The second-order valence-corrected chi connectivity index (χ2v) is 5.24. The van der Waals surface area contributed by atoms with Crippen molar-refractivity contribution in [1.82, 2.24) is 15.3 Å². The van der Waals surface area contributed by atoms with Gasteiger partial charge in [-0.25, -0.2) is 9.97 Å². The van der Waals surface area contributed by atoms with Gasteiger partial charge in [-0.15, -0.1) is 0 Å². The monoisotopic (exact) mass is 289 g/mol. The Labute approximate surface area is 123 Å². The molecule has 20 heavy (non-hydrogen) atoms. The second kappa shape index (κ2) is 6.31. The highest BCUT2D eigenvalue weighted by Crippen LogP contribution is 2.19. The van der Waals surface area contributed by atoms with Gasteiger partial charge >= 0.3 is 0 Å². The first kappa shape index (κ1) is 13.5. The minimum absolute atomic E-state index is 0.157. The molecule has 4 nitrogen and oxygen atoms in total. The maximum atomic E-state index is 5.78. The minimum atomic E-state index is 0.157. The average molecular weight is 290 g/mol. The fourth-order valence-electron chi connectivity index (χ4n) is 2.24. The van der Waals surface area contributed by atoms with Crippen LogP contribution in [-0.2, 0) is 11.2 Å². The molecule has 0 saturated carbocycles. The maximum Gasteiger partial charge on any atom is 0.132 e. The Kier molecular flexibility index (Phi) is 4.25. The molecule has 1 fully saturated rings. The van der Waals surface area contributed by atoms with E-state index >= 15 is 0 Å². The van der Waals surface area contributed by atoms with E-state index in [0.29, 0.717) is 11.4 Å². The average Bonchev–Trinajstić information content (AvgIpc) is 2.51. The lowest BCUT2D eigenvalue weighted by Crippen LogP contribution is -2.33. The minimum Gasteiger partial charge on any atom is -0.371 e. The number of nitrogens with zero attached hydrogens (tertiary/aromatic N) is 2. The molecule has 1 unspecified atom stereocenters. The summed E-state index contributed by atoms with van der Waals surface area (Å²) >= 11 is 5.78. The summed E-state index contributed by atoms with van der Waals surface area (Å²) in [5, 5.41) is 3.90. The summed E-state index contributed by atoms with van der Waals surface area (Å²) in [5.41, 5.74) is 2.39. The zero-order chi connectivity index (χ0) is 13.8. The van der Waals surface area contributed by atoms with Crippen LogP contribution in [0.25, 0.3) is 0 Å². The highest BCUT2D eigenvalue weighted by atomic mass is 35.5. The molecule has 2 heterocycles. The first-order valence-electron chi connectivity index (χ1n) is 6.69. The van der Waals surface area contributed by atoms with Gasteiger partial charge in [-0.3, -0.25) is 0 Å². The van der Waals surface area contributed by atoms with Crippen molar-refractivity contribution in [3.63, 3.8) is 0 Å². The summed E-state index contributed by atoms with van der Waals surface area (Å²) in [5.74, 6) is 0.776. The number of morpholine rings is 1. The molecule has 0 amide bonds. The third-order valence-electron chi connectivity index (χ3n) is 3.32. The molecule has 1 atom stereocenters. The SMILES string of the molecule is Clc1cnc(Cc2ccc(C3CNCCO3)cc2)nc1. The fourth-order valence-corrected chi connectivity index (χ4v) is 2.34. The standard InChI is InChI=1S/C15H16ClN3O/c16-13-8-18-15(19-9-13)7-11-1-3-12(4-2-11)14-10-17-5-6-20-14/h1-4,8-9,14,17H,5-7,10H2. The highest BCUT2D eigenvalue weighted by molar-refractivity contribution is 6.30. The molecule has 5 heteroatoms. The third-order valence-corrected chi connectivity index (χ3v) is 3.51. The van der Waals surface area contributed by atoms with Crippen LogP contribution in [-0.4, -0.2) is 29.7 Å². The van der Waals surface area contributed by atoms with Gasteiger partial charge < -0.3 is 10.1 Å². The lowest BCUT2D eigenvalue weighted by atomic mass is 10.0. The number of hydrogen-bond donors (Lipinski definition) is 1. The van der Waals surface area contributed by atoms with Crippen LogP contribution >= 0.6 is 11.6 Å². The van der Waals surface area contributed by atoms with Gasteiger partial charge in [0.15, 0.2) is 0 Å². The van der Waals surface area contributed by atoms with Crippen molar-refractivity contribution in [1.29, 1.82) is 0 Å². The molecule has 1 aromatic heterocycles. The molecule has 104 valence electrons. The van der Waals surface area contributed by atoms with Crippen molar-refractivity contribution in [2.45, 2.75) is 12.5 Å². The number of hydrogen-bond acceptors (Lipinski definition) is 4. The van der Waals surface area contributed by atoms with Gasteiger partial charge in [0.2, 0.25) is 0 Å². The van der Waals surface area contributed by atoms with E-state index in [9.17, 15) is 0 Å². The van der Waals surface area contributed by atoms with E-state index < -0.39 is 0 Å². The smallest absolute Gasteiger partial charge is 0.132 e. The summed E-state index contributed by atoms with van der Waals surface area (Å²) in [7, 11) is 0. The van der Waals surface area contributed by atoms with Gasteiger partial charge in [0.1, 0.15) is 5.82 Å². The number of nitrogens with one attached hydrogen (secondary N) is 1. The van der Waals surface area contributed by atoms with Gasteiger partial charge in [-0.05, 0) is 11.1 Å². The fraction of sp³-hybridized carbons (Fsp3) is 0.333. The van der Waals surface area contributed by atoms with Crippen LogP contribution in [0.4, 0.5) is 0 Å². The van der Waals surface area contributed by atoms with Crippen LogP contribution in [0.2, 0.25) is 5.02 Å². The van der Waals surface area contributed by atoms with E-state index in [4.69, 9.17) is 16.3 Å². The van der Waals surface area contributed by atoms with Gasteiger partial charge in [0.25, 0.3) is 0 Å². The summed E-state index contributed by atoms with van der Waals surface area (Å²) in [6, 6.07) is 8.43. The number of rotatable bonds is 3. The molecular weight excluding hydrogens is 274 g/mol. The molecule has 1 N–H and O–H groups in total. The van der Waals surface area contributed by atoms with Gasteiger partial charge in [-0.2, -0.15) is 0 Å². The van der Waals surface area contributed by atoms with E-state index in [2.05, 4.69) is 39.6 Å². The maximum absolute atomic E-state index is 5.78. The molecule has 1 aromatic carbocycles. The summed E-state index contributed by atoms with van der Waals surface area (Å²) in [4.78, 5) is 8.42. The molecule has 3 rings (SSSR count). The van der Waals surface area contributed by atoms with Crippen LogP contribution in [0.5, 0.6) is 0 Å². The highest BCUT2D eigenvalue weighted by Gasteiger charge is 2.15. The van der Waals surface area contributed by atoms with Gasteiger partial charge in [0.05, 0.1) is 17.7 Å². The Morgan fingerprint density at radius 2 is 1.95 bits per heavy atom. The topological polar surface area (TPSA) is 47.0 Å². The van der Waals surface area contributed by atoms with Crippen molar-refractivity contribution in [3.05, 3.63) is 58.6 Å². The van der Waals surface area contributed by atoms with Crippen molar-refractivity contribution < 1.29 is 4.74 Å². The van der Waals surface area contributed by atoms with Crippen molar-refractivity contribution >= 4 is 11.6 Å². The Bertz CT molecular complexity index is 550. The number of aromatic nitrogens is 2. The molecule has 2 aromatic rings. The summed E-state index contributed by atoms with van der Waals surface area (Å²) < 4.78 is 5.73. The van der Waals surface area contributed by atoms with E-state index in [1.807, 2.05) is 0 Å². The molecule has 1 aliphatic heterocycles. The lowest BCUT2D eigenvalue weighted by Gasteiger charge is -2.24. The molecule has 0 radical (unpaired) electrons. The number of halogens is 1. The van der Waals surface area contributed by atoms with Crippen LogP contribution in [0, 0.1) is 0 Å². The second-order valence-electron chi connectivity index (χ2n) is 4.80. The predicted molar refractivity (Wildman–Crippen MR) is 77.9 cm³/mol.